The Bertz CT molecular complexity index is 285. The average molecular weight is 254 g/mol. The van der Waals surface area contributed by atoms with E-state index in [9.17, 15) is 4.79 Å². The number of hydrogen-bond donors (Lipinski definition) is 2. The van der Waals surface area contributed by atoms with Gasteiger partial charge in [-0.3, -0.25) is 14.6 Å². The SMILES string of the molecule is CC(CN)N1CCN(C(C)C(=O)NC2CC2)CC1. The molecule has 0 spiro atoms. The summed E-state index contributed by atoms with van der Waals surface area (Å²) in [4.78, 5) is 16.7. The van der Waals surface area contributed by atoms with Gasteiger partial charge in [0.1, 0.15) is 0 Å². The molecule has 5 nitrogen and oxygen atoms in total. The van der Waals surface area contributed by atoms with Crippen molar-refractivity contribution in [2.45, 2.75) is 44.8 Å². The first kappa shape index (κ1) is 13.8. The molecule has 0 aromatic heterocycles. The van der Waals surface area contributed by atoms with Crippen LogP contribution >= 0.6 is 0 Å². The minimum absolute atomic E-state index is 0.000864. The van der Waals surface area contributed by atoms with Gasteiger partial charge in [-0.1, -0.05) is 0 Å². The average Bonchev–Trinajstić information content (AvgIpc) is 3.21. The number of carbonyl (C=O) groups excluding carboxylic acids is 1. The highest BCUT2D eigenvalue weighted by atomic mass is 16.2. The van der Waals surface area contributed by atoms with Crippen molar-refractivity contribution in [1.29, 1.82) is 0 Å². The van der Waals surface area contributed by atoms with E-state index in [2.05, 4.69) is 22.0 Å². The van der Waals surface area contributed by atoms with E-state index in [4.69, 9.17) is 5.73 Å². The maximum absolute atomic E-state index is 12.0. The second kappa shape index (κ2) is 5.99. The van der Waals surface area contributed by atoms with Gasteiger partial charge in [-0.05, 0) is 26.7 Å². The zero-order valence-electron chi connectivity index (χ0n) is 11.6. The molecule has 2 atom stereocenters. The zero-order chi connectivity index (χ0) is 13.1. The van der Waals surface area contributed by atoms with E-state index in [1.165, 1.54) is 0 Å². The third-order valence-corrected chi connectivity index (χ3v) is 4.16. The summed E-state index contributed by atoms with van der Waals surface area (Å²) in [5, 5.41) is 3.08. The molecule has 1 aliphatic heterocycles. The predicted octanol–water partition coefficient (Wildman–Crippen LogP) is -0.382. The quantitative estimate of drug-likeness (QED) is 0.702. The van der Waals surface area contributed by atoms with Gasteiger partial charge >= 0.3 is 0 Å². The van der Waals surface area contributed by atoms with Crippen LogP contribution in [0.4, 0.5) is 0 Å². The molecule has 0 radical (unpaired) electrons. The van der Waals surface area contributed by atoms with Gasteiger partial charge in [0.2, 0.25) is 5.91 Å². The monoisotopic (exact) mass is 254 g/mol. The summed E-state index contributed by atoms with van der Waals surface area (Å²) in [6.07, 6.45) is 2.31. The van der Waals surface area contributed by atoms with Gasteiger partial charge in [0.15, 0.2) is 0 Å². The highest BCUT2D eigenvalue weighted by Crippen LogP contribution is 2.19. The van der Waals surface area contributed by atoms with Gasteiger partial charge in [-0.25, -0.2) is 0 Å². The largest absolute Gasteiger partial charge is 0.352 e. The first-order valence-electron chi connectivity index (χ1n) is 7.10. The molecule has 104 valence electrons. The van der Waals surface area contributed by atoms with E-state index in [1.807, 2.05) is 6.92 Å². The van der Waals surface area contributed by atoms with Crippen LogP contribution in [-0.2, 0) is 4.79 Å². The number of hydrogen-bond acceptors (Lipinski definition) is 4. The second-order valence-corrected chi connectivity index (χ2v) is 5.62. The molecule has 1 heterocycles. The van der Waals surface area contributed by atoms with Crippen LogP contribution in [0.15, 0.2) is 0 Å². The topological polar surface area (TPSA) is 61.6 Å². The molecule has 3 N–H and O–H groups in total. The summed E-state index contributed by atoms with van der Waals surface area (Å²) < 4.78 is 0. The molecule has 5 heteroatoms. The number of nitrogens with two attached hydrogens (primary N) is 1. The Morgan fingerprint density at radius 1 is 1.22 bits per heavy atom. The van der Waals surface area contributed by atoms with Crippen molar-refractivity contribution in [2.75, 3.05) is 32.7 Å². The van der Waals surface area contributed by atoms with Crippen molar-refractivity contribution in [2.24, 2.45) is 5.73 Å². The molecular weight excluding hydrogens is 228 g/mol. The minimum Gasteiger partial charge on any atom is -0.352 e. The number of piperazine rings is 1. The fourth-order valence-corrected chi connectivity index (χ4v) is 2.43. The lowest BCUT2D eigenvalue weighted by atomic mass is 10.2. The smallest absolute Gasteiger partial charge is 0.237 e. The molecule has 0 bridgehead atoms. The number of rotatable bonds is 5. The Balaban J connectivity index is 1.75. The lowest BCUT2D eigenvalue weighted by Gasteiger charge is -2.39. The molecule has 2 rings (SSSR count). The molecular formula is C13H26N4O. The Morgan fingerprint density at radius 2 is 1.78 bits per heavy atom. The summed E-state index contributed by atoms with van der Waals surface area (Å²) in [7, 11) is 0. The molecule has 1 aliphatic carbocycles. The molecule has 2 aliphatic rings. The molecule has 2 fully saturated rings. The minimum atomic E-state index is 0.000864. The number of nitrogens with one attached hydrogen (secondary N) is 1. The van der Waals surface area contributed by atoms with Crippen molar-refractivity contribution < 1.29 is 4.79 Å². The van der Waals surface area contributed by atoms with Crippen LogP contribution in [0.25, 0.3) is 0 Å². The second-order valence-electron chi connectivity index (χ2n) is 5.62. The Morgan fingerprint density at radius 3 is 2.28 bits per heavy atom. The fourth-order valence-electron chi connectivity index (χ4n) is 2.43. The first-order valence-corrected chi connectivity index (χ1v) is 7.10. The molecule has 1 saturated heterocycles. The summed E-state index contributed by atoms with van der Waals surface area (Å²) in [5.74, 6) is 0.192. The normalized spacial score (nSPS) is 25.7. The maximum atomic E-state index is 12.0. The molecule has 1 amide bonds. The lowest BCUT2D eigenvalue weighted by Crippen LogP contribution is -2.56. The van der Waals surface area contributed by atoms with Crippen molar-refractivity contribution in [3.05, 3.63) is 0 Å². The summed E-state index contributed by atoms with van der Waals surface area (Å²) in [5.41, 5.74) is 5.69. The number of nitrogens with zero attached hydrogens (tertiary/aromatic N) is 2. The molecule has 18 heavy (non-hydrogen) atoms. The van der Waals surface area contributed by atoms with Crippen LogP contribution in [0.5, 0.6) is 0 Å². The van der Waals surface area contributed by atoms with Gasteiger partial charge in [0.05, 0.1) is 6.04 Å². The zero-order valence-corrected chi connectivity index (χ0v) is 11.6. The van der Waals surface area contributed by atoms with E-state index in [-0.39, 0.29) is 11.9 Å². The molecule has 0 aromatic carbocycles. The highest BCUT2D eigenvalue weighted by molar-refractivity contribution is 5.81. The van der Waals surface area contributed by atoms with E-state index in [1.54, 1.807) is 0 Å². The molecule has 1 saturated carbocycles. The highest BCUT2D eigenvalue weighted by Gasteiger charge is 2.30. The first-order chi connectivity index (χ1) is 8.61. The van der Waals surface area contributed by atoms with Crippen LogP contribution in [0.2, 0.25) is 0 Å². The van der Waals surface area contributed by atoms with Gasteiger partial charge in [-0.2, -0.15) is 0 Å². The fraction of sp³-hybridized carbons (Fsp3) is 0.923. The van der Waals surface area contributed by atoms with Crippen LogP contribution < -0.4 is 11.1 Å². The van der Waals surface area contributed by atoms with Gasteiger partial charge in [-0.15, -0.1) is 0 Å². The number of amides is 1. The van der Waals surface area contributed by atoms with E-state index in [0.717, 1.165) is 39.0 Å². The predicted molar refractivity (Wildman–Crippen MR) is 72.3 cm³/mol. The van der Waals surface area contributed by atoms with Crippen molar-refractivity contribution in [3.8, 4) is 0 Å². The Labute approximate surface area is 110 Å². The summed E-state index contributed by atoms with van der Waals surface area (Å²) in [6.45, 7) is 8.84. The summed E-state index contributed by atoms with van der Waals surface area (Å²) in [6, 6.07) is 0.905. The van der Waals surface area contributed by atoms with Crippen molar-refractivity contribution in [3.63, 3.8) is 0 Å². The van der Waals surface area contributed by atoms with E-state index in [0.29, 0.717) is 18.6 Å². The summed E-state index contributed by atoms with van der Waals surface area (Å²) >= 11 is 0. The van der Waals surface area contributed by atoms with Gasteiger partial charge < -0.3 is 11.1 Å². The third kappa shape index (κ3) is 3.43. The maximum Gasteiger partial charge on any atom is 0.237 e. The van der Waals surface area contributed by atoms with Crippen molar-refractivity contribution in [1.82, 2.24) is 15.1 Å². The van der Waals surface area contributed by atoms with E-state index < -0.39 is 0 Å². The Hall–Kier alpha value is -0.650. The van der Waals surface area contributed by atoms with Crippen LogP contribution in [0.1, 0.15) is 26.7 Å². The molecule has 2 unspecified atom stereocenters. The van der Waals surface area contributed by atoms with Crippen LogP contribution in [0.3, 0.4) is 0 Å². The van der Waals surface area contributed by atoms with E-state index >= 15 is 0 Å². The standard InChI is InChI=1S/C13H26N4O/c1-10(9-14)16-5-7-17(8-6-16)11(2)13(18)15-12-3-4-12/h10-12H,3-9,14H2,1-2H3,(H,15,18). The van der Waals surface area contributed by atoms with Gasteiger partial charge in [0, 0.05) is 44.8 Å². The van der Waals surface area contributed by atoms with Crippen molar-refractivity contribution >= 4 is 5.91 Å². The van der Waals surface area contributed by atoms with Gasteiger partial charge in [0.25, 0.3) is 0 Å². The molecule has 0 aromatic rings. The van der Waals surface area contributed by atoms with Crippen LogP contribution in [-0.4, -0.2) is 66.6 Å². The third-order valence-electron chi connectivity index (χ3n) is 4.16. The lowest BCUT2D eigenvalue weighted by molar-refractivity contribution is -0.126. The number of carbonyl (C=O) groups is 1. The van der Waals surface area contributed by atoms with Crippen LogP contribution in [0, 0.1) is 0 Å². The Kier molecular flexibility index (Phi) is 4.59.